The fourth-order valence-corrected chi connectivity index (χ4v) is 2.19. The SMILES string of the molecule is CC(C)(C)C(=O)CCC1CCCCC1. The second kappa shape index (κ2) is 4.95. The van der Waals surface area contributed by atoms with Crippen LogP contribution in [0.15, 0.2) is 0 Å². The minimum Gasteiger partial charge on any atom is -0.299 e. The molecule has 14 heavy (non-hydrogen) atoms. The summed E-state index contributed by atoms with van der Waals surface area (Å²) in [6.45, 7) is 6.07. The molecule has 0 atom stereocenters. The van der Waals surface area contributed by atoms with Crippen LogP contribution in [0, 0.1) is 11.3 Å². The molecule has 1 rings (SSSR count). The maximum atomic E-state index is 11.7. The molecule has 1 heteroatoms. The van der Waals surface area contributed by atoms with Crippen molar-refractivity contribution >= 4 is 5.78 Å². The fourth-order valence-electron chi connectivity index (χ4n) is 2.19. The highest BCUT2D eigenvalue weighted by atomic mass is 16.1. The van der Waals surface area contributed by atoms with E-state index in [9.17, 15) is 4.79 Å². The van der Waals surface area contributed by atoms with Gasteiger partial charge in [-0.1, -0.05) is 52.9 Å². The Bertz CT molecular complexity index is 182. The summed E-state index contributed by atoms with van der Waals surface area (Å²) in [5.41, 5.74) is -0.130. The van der Waals surface area contributed by atoms with Crippen LogP contribution >= 0.6 is 0 Å². The van der Waals surface area contributed by atoms with Crippen LogP contribution in [-0.2, 0) is 4.79 Å². The lowest BCUT2D eigenvalue weighted by Gasteiger charge is -2.23. The Morgan fingerprint density at radius 1 is 1.14 bits per heavy atom. The van der Waals surface area contributed by atoms with Gasteiger partial charge < -0.3 is 0 Å². The van der Waals surface area contributed by atoms with E-state index >= 15 is 0 Å². The Morgan fingerprint density at radius 2 is 1.71 bits per heavy atom. The highest BCUT2D eigenvalue weighted by Gasteiger charge is 2.22. The van der Waals surface area contributed by atoms with E-state index in [1.165, 1.54) is 32.1 Å². The van der Waals surface area contributed by atoms with E-state index in [1.807, 2.05) is 20.8 Å². The van der Waals surface area contributed by atoms with Crippen LogP contribution in [-0.4, -0.2) is 5.78 Å². The number of Topliss-reactive ketones (excluding diaryl/α,β-unsaturated/α-hetero) is 1. The van der Waals surface area contributed by atoms with Crippen LogP contribution in [0.3, 0.4) is 0 Å². The van der Waals surface area contributed by atoms with Crippen molar-refractivity contribution in [3.8, 4) is 0 Å². The summed E-state index contributed by atoms with van der Waals surface area (Å²) < 4.78 is 0. The monoisotopic (exact) mass is 196 g/mol. The first-order chi connectivity index (χ1) is 6.50. The van der Waals surface area contributed by atoms with Gasteiger partial charge in [-0.25, -0.2) is 0 Å². The molecule has 1 aliphatic carbocycles. The van der Waals surface area contributed by atoms with Gasteiger partial charge in [-0.05, 0) is 12.3 Å². The number of hydrogen-bond acceptors (Lipinski definition) is 1. The fraction of sp³-hybridized carbons (Fsp3) is 0.923. The lowest BCUT2D eigenvalue weighted by atomic mass is 9.82. The minimum absolute atomic E-state index is 0.130. The predicted octanol–water partition coefficient (Wildman–Crippen LogP) is 3.96. The molecule has 0 unspecified atom stereocenters. The van der Waals surface area contributed by atoms with E-state index in [4.69, 9.17) is 0 Å². The summed E-state index contributed by atoms with van der Waals surface area (Å²) in [6.07, 6.45) is 8.82. The summed E-state index contributed by atoms with van der Waals surface area (Å²) >= 11 is 0. The molecule has 0 aromatic rings. The van der Waals surface area contributed by atoms with Gasteiger partial charge in [0, 0.05) is 11.8 Å². The molecule has 0 bridgehead atoms. The molecule has 0 amide bonds. The van der Waals surface area contributed by atoms with E-state index < -0.39 is 0 Å². The third-order valence-corrected chi connectivity index (χ3v) is 3.34. The summed E-state index contributed by atoms with van der Waals surface area (Å²) in [7, 11) is 0. The molecule has 0 saturated heterocycles. The van der Waals surface area contributed by atoms with Gasteiger partial charge in [0.25, 0.3) is 0 Å². The molecule has 0 heterocycles. The third kappa shape index (κ3) is 3.81. The summed E-state index contributed by atoms with van der Waals surface area (Å²) in [5.74, 6) is 1.28. The minimum atomic E-state index is -0.130. The zero-order chi connectivity index (χ0) is 10.6. The van der Waals surface area contributed by atoms with Crippen molar-refractivity contribution in [2.24, 2.45) is 11.3 Å². The highest BCUT2D eigenvalue weighted by Crippen LogP contribution is 2.29. The third-order valence-electron chi connectivity index (χ3n) is 3.34. The zero-order valence-corrected chi connectivity index (χ0v) is 9.94. The molecule has 0 radical (unpaired) electrons. The van der Waals surface area contributed by atoms with Crippen molar-refractivity contribution in [1.29, 1.82) is 0 Å². The maximum absolute atomic E-state index is 11.7. The van der Waals surface area contributed by atoms with Gasteiger partial charge in [-0.2, -0.15) is 0 Å². The number of carbonyl (C=O) groups excluding carboxylic acids is 1. The Labute approximate surface area is 88.3 Å². The predicted molar refractivity (Wildman–Crippen MR) is 60.3 cm³/mol. The van der Waals surface area contributed by atoms with Crippen molar-refractivity contribution in [3.05, 3.63) is 0 Å². The van der Waals surface area contributed by atoms with Gasteiger partial charge in [-0.3, -0.25) is 4.79 Å². The summed E-state index contributed by atoms with van der Waals surface area (Å²) in [6, 6.07) is 0. The van der Waals surface area contributed by atoms with Gasteiger partial charge in [-0.15, -0.1) is 0 Å². The van der Waals surface area contributed by atoms with Gasteiger partial charge in [0.2, 0.25) is 0 Å². The summed E-state index contributed by atoms with van der Waals surface area (Å²) in [4.78, 5) is 11.7. The number of carbonyl (C=O) groups is 1. The van der Waals surface area contributed by atoms with Crippen LogP contribution in [0.25, 0.3) is 0 Å². The molecule has 0 spiro atoms. The van der Waals surface area contributed by atoms with E-state index in [-0.39, 0.29) is 5.41 Å². The first-order valence-electron chi connectivity index (χ1n) is 6.03. The largest absolute Gasteiger partial charge is 0.299 e. The van der Waals surface area contributed by atoms with E-state index in [0.29, 0.717) is 5.78 Å². The Morgan fingerprint density at radius 3 is 2.21 bits per heavy atom. The highest BCUT2D eigenvalue weighted by molar-refractivity contribution is 5.83. The van der Waals surface area contributed by atoms with Crippen LogP contribution < -0.4 is 0 Å². The van der Waals surface area contributed by atoms with E-state index in [2.05, 4.69) is 0 Å². The molecule has 0 aromatic carbocycles. The normalized spacial score (nSPS) is 19.6. The lowest BCUT2D eigenvalue weighted by Crippen LogP contribution is -2.21. The average Bonchev–Trinajstić information content (AvgIpc) is 2.14. The molecule has 0 N–H and O–H groups in total. The van der Waals surface area contributed by atoms with Gasteiger partial charge in [0.15, 0.2) is 0 Å². The molecule has 0 aliphatic heterocycles. The maximum Gasteiger partial charge on any atom is 0.138 e. The second-order valence-corrected chi connectivity index (χ2v) is 5.72. The van der Waals surface area contributed by atoms with E-state index in [1.54, 1.807) is 0 Å². The van der Waals surface area contributed by atoms with E-state index in [0.717, 1.165) is 18.8 Å². The number of hydrogen-bond donors (Lipinski definition) is 0. The van der Waals surface area contributed by atoms with Gasteiger partial charge in [0.05, 0.1) is 0 Å². The van der Waals surface area contributed by atoms with Crippen LogP contribution in [0.5, 0.6) is 0 Å². The Hall–Kier alpha value is -0.330. The first-order valence-corrected chi connectivity index (χ1v) is 6.03. The molecule has 1 fully saturated rings. The lowest BCUT2D eigenvalue weighted by molar-refractivity contribution is -0.126. The van der Waals surface area contributed by atoms with Crippen LogP contribution in [0.2, 0.25) is 0 Å². The zero-order valence-electron chi connectivity index (χ0n) is 9.94. The standard InChI is InChI=1S/C13H24O/c1-13(2,3)12(14)10-9-11-7-5-4-6-8-11/h11H,4-10H2,1-3H3. The molecular formula is C13H24O. The van der Waals surface area contributed by atoms with Crippen molar-refractivity contribution in [3.63, 3.8) is 0 Å². The molecule has 82 valence electrons. The number of ketones is 1. The topological polar surface area (TPSA) is 17.1 Å². The average molecular weight is 196 g/mol. The van der Waals surface area contributed by atoms with Crippen molar-refractivity contribution in [2.45, 2.75) is 65.7 Å². The smallest absolute Gasteiger partial charge is 0.138 e. The van der Waals surface area contributed by atoms with Crippen LogP contribution in [0.1, 0.15) is 65.7 Å². The van der Waals surface area contributed by atoms with Crippen LogP contribution in [0.4, 0.5) is 0 Å². The quantitative estimate of drug-likeness (QED) is 0.667. The molecule has 1 saturated carbocycles. The van der Waals surface area contributed by atoms with Gasteiger partial charge in [0.1, 0.15) is 5.78 Å². The Balaban J connectivity index is 2.22. The number of rotatable bonds is 3. The van der Waals surface area contributed by atoms with Crippen molar-refractivity contribution in [1.82, 2.24) is 0 Å². The molecular weight excluding hydrogens is 172 g/mol. The summed E-state index contributed by atoms with van der Waals surface area (Å²) in [5, 5.41) is 0. The molecule has 1 nitrogen and oxygen atoms in total. The van der Waals surface area contributed by atoms with Gasteiger partial charge >= 0.3 is 0 Å². The van der Waals surface area contributed by atoms with Crippen molar-refractivity contribution < 1.29 is 4.79 Å². The molecule has 1 aliphatic rings. The second-order valence-electron chi connectivity index (χ2n) is 5.72. The molecule has 0 aromatic heterocycles. The first kappa shape index (κ1) is 11.7. The van der Waals surface area contributed by atoms with Crippen molar-refractivity contribution in [2.75, 3.05) is 0 Å². The Kier molecular flexibility index (Phi) is 4.15.